The van der Waals surface area contributed by atoms with E-state index in [0.717, 1.165) is 41.7 Å². The maximum absolute atomic E-state index is 5.89. The van der Waals surface area contributed by atoms with E-state index in [1.54, 1.807) is 28.2 Å². The highest BCUT2D eigenvalue weighted by atomic mass is 35.5. The Labute approximate surface area is 171 Å². The van der Waals surface area contributed by atoms with Crippen molar-refractivity contribution in [3.05, 3.63) is 52.0 Å². The standard InChI is InChI=1S/C11H12ClN3O.C7H5ClN2.H3P/c12-9-5-4-8-7-13-15(11(8)14-9)10-3-1-2-6-16-10;8-7-2-1-5-3-9-4-6(5)10-7;/h4-5,7,10H,1-3,6H2;1-3H,4H2;1H3/i;;1D. The number of hydrogen-bond donors (Lipinski definition) is 0. The number of halogens is 2. The van der Waals surface area contributed by atoms with E-state index in [2.05, 4.69) is 20.1 Å². The summed E-state index contributed by atoms with van der Waals surface area (Å²) < 4.78 is 13.2. The van der Waals surface area contributed by atoms with Crippen molar-refractivity contribution >= 4 is 50.3 Å². The summed E-state index contributed by atoms with van der Waals surface area (Å²) in [5, 5.41) is 6.37. The molecule has 1 fully saturated rings. The third-order valence-electron chi connectivity index (χ3n) is 4.28. The van der Waals surface area contributed by atoms with Crippen molar-refractivity contribution in [1.29, 1.82) is 1.28 Å². The number of ether oxygens (including phenoxy) is 1. The molecule has 0 aromatic carbocycles. The molecule has 0 spiro atoms. The first kappa shape index (κ1) is 18.8. The lowest BCUT2D eigenvalue weighted by atomic mass is 10.2. The van der Waals surface area contributed by atoms with E-state index in [1.807, 2.05) is 23.0 Å². The highest BCUT2D eigenvalue weighted by molar-refractivity contribution is 6.92. The van der Waals surface area contributed by atoms with Crippen LogP contribution in [-0.2, 0) is 11.3 Å². The molecule has 5 heterocycles. The zero-order valence-electron chi connectivity index (χ0n) is 15.6. The molecule has 27 heavy (non-hydrogen) atoms. The number of pyridine rings is 2. The summed E-state index contributed by atoms with van der Waals surface area (Å²) >= 11 is 11.6. The fraction of sp³-hybridized carbons (Fsp3) is 0.333. The highest BCUT2D eigenvalue weighted by Crippen LogP contribution is 2.25. The second-order valence-electron chi connectivity index (χ2n) is 6.10. The second-order valence-corrected chi connectivity index (χ2v) is 6.87. The molecule has 9 heteroatoms. The number of aliphatic imine (C=N–C) groups is 1. The van der Waals surface area contributed by atoms with Crippen LogP contribution in [0.3, 0.4) is 0 Å². The minimum atomic E-state index is 0.0113. The van der Waals surface area contributed by atoms with Gasteiger partial charge >= 0.3 is 0 Å². The molecule has 0 radical (unpaired) electrons. The third kappa shape index (κ3) is 4.64. The SMILES string of the molecule is Clc1ccc2c(n1)CN=C2.Clc1ccc2cnn(C3CCCCO3)c2n1.[2H]P. The molecule has 3 aromatic rings. The van der Waals surface area contributed by atoms with E-state index < -0.39 is 0 Å². The van der Waals surface area contributed by atoms with Gasteiger partial charge in [0, 0.05) is 23.8 Å². The van der Waals surface area contributed by atoms with Gasteiger partial charge in [0.15, 0.2) is 11.9 Å². The van der Waals surface area contributed by atoms with Crippen LogP contribution in [0.25, 0.3) is 11.0 Å². The second kappa shape index (κ2) is 9.07. The molecule has 2 aliphatic rings. The summed E-state index contributed by atoms with van der Waals surface area (Å²) in [4.78, 5) is 12.4. The molecule has 0 N–H and O–H groups in total. The van der Waals surface area contributed by atoms with Crippen LogP contribution in [0.15, 0.2) is 35.5 Å². The van der Waals surface area contributed by atoms with E-state index in [4.69, 9.17) is 29.2 Å². The van der Waals surface area contributed by atoms with Gasteiger partial charge in [-0.15, -0.1) is 0 Å². The minimum Gasteiger partial charge on any atom is -0.356 e. The number of nitrogens with zero attached hydrogens (tertiary/aromatic N) is 5. The Morgan fingerprint density at radius 1 is 1.11 bits per heavy atom. The molecule has 0 bridgehead atoms. The summed E-state index contributed by atoms with van der Waals surface area (Å²) in [6.07, 6.45) is 6.92. The molecule has 5 rings (SSSR count). The molecule has 1 saturated heterocycles. The van der Waals surface area contributed by atoms with Gasteiger partial charge in [-0.1, -0.05) is 23.2 Å². The maximum atomic E-state index is 5.89. The van der Waals surface area contributed by atoms with Gasteiger partial charge in [0.1, 0.15) is 10.3 Å². The van der Waals surface area contributed by atoms with Gasteiger partial charge in [0.05, 0.1) is 19.7 Å². The molecule has 3 aromatic heterocycles. The van der Waals surface area contributed by atoms with Gasteiger partial charge in [-0.25, -0.2) is 14.6 Å². The van der Waals surface area contributed by atoms with Gasteiger partial charge in [-0.05, 0) is 43.5 Å². The van der Waals surface area contributed by atoms with Crippen LogP contribution in [0.2, 0.25) is 10.3 Å². The number of hydrogen-bond acceptors (Lipinski definition) is 5. The summed E-state index contributed by atoms with van der Waals surface area (Å²) in [6, 6.07) is 7.41. The van der Waals surface area contributed by atoms with E-state index in [-0.39, 0.29) is 6.23 Å². The monoisotopic (exact) mass is 424 g/mol. The molecule has 2 aliphatic heterocycles. The van der Waals surface area contributed by atoms with Crippen molar-refractivity contribution in [2.75, 3.05) is 6.61 Å². The smallest absolute Gasteiger partial charge is 0.162 e. The molecule has 142 valence electrons. The molecule has 0 saturated carbocycles. The lowest BCUT2D eigenvalue weighted by molar-refractivity contribution is -0.0370. The lowest BCUT2D eigenvalue weighted by Crippen LogP contribution is -2.19. The van der Waals surface area contributed by atoms with Crippen molar-refractivity contribution < 1.29 is 4.74 Å². The number of aromatic nitrogens is 4. The number of fused-ring (bicyclic) bond motifs is 2. The molecule has 2 unspecified atom stereocenters. The topological polar surface area (TPSA) is 65.2 Å². The highest BCUT2D eigenvalue weighted by Gasteiger charge is 2.19. The summed E-state index contributed by atoms with van der Waals surface area (Å²) in [5.74, 6) is 0. The zero-order chi connectivity index (χ0) is 19.9. The molecular formula is C18H20Cl2N5OP. The zero-order valence-corrected chi connectivity index (χ0v) is 17.2. The quantitative estimate of drug-likeness (QED) is 0.425. The van der Waals surface area contributed by atoms with Crippen molar-refractivity contribution in [2.24, 2.45) is 4.99 Å². The molecule has 0 aliphatic carbocycles. The molecular weight excluding hydrogens is 404 g/mol. The fourth-order valence-electron chi connectivity index (χ4n) is 2.99. The lowest BCUT2D eigenvalue weighted by Gasteiger charge is -2.22. The van der Waals surface area contributed by atoms with Gasteiger partial charge in [-0.2, -0.15) is 14.9 Å². The minimum absolute atomic E-state index is 0.0113. The summed E-state index contributed by atoms with van der Waals surface area (Å²) in [7, 11) is 1.67. The van der Waals surface area contributed by atoms with E-state index in [0.29, 0.717) is 16.9 Å². The summed E-state index contributed by atoms with van der Waals surface area (Å²) in [5.41, 5.74) is 2.87. The van der Waals surface area contributed by atoms with Crippen LogP contribution >= 0.6 is 33.0 Å². The maximum Gasteiger partial charge on any atom is 0.162 e. The molecule has 6 nitrogen and oxygen atoms in total. The first-order valence-corrected chi connectivity index (χ1v) is 9.23. The van der Waals surface area contributed by atoms with E-state index in [1.165, 1.54) is 6.42 Å². The predicted octanol–water partition coefficient (Wildman–Crippen LogP) is 4.51. The van der Waals surface area contributed by atoms with Crippen molar-refractivity contribution in [3.63, 3.8) is 0 Å². The van der Waals surface area contributed by atoms with Crippen LogP contribution in [0.1, 0.15) is 36.7 Å². The largest absolute Gasteiger partial charge is 0.356 e. The average Bonchev–Trinajstić information content (AvgIpc) is 3.36. The fourth-order valence-corrected chi connectivity index (χ4v) is 3.29. The van der Waals surface area contributed by atoms with Crippen LogP contribution in [0.5, 0.6) is 0 Å². The molecule has 0 amide bonds. The Bertz CT molecular complexity index is 962. The van der Waals surface area contributed by atoms with Gasteiger partial charge in [0.25, 0.3) is 0 Å². The van der Waals surface area contributed by atoms with Crippen molar-refractivity contribution in [3.8, 4) is 0 Å². The Hall–Kier alpha value is -1.59. The van der Waals surface area contributed by atoms with Crippen LogP contribution < -0.4 is 0 Å². The Morgan fingerprint density at radius 3 is 2.74 bits per heavy atom. The molecule has 2 atom stereocenters. The van der Waals surface area contributed by atoms with E-state index >= 15 is 0 Å². The normalized spacial score (nSPS) is 18.0. The average molecular weight is 425 g/mol. The van der Waals surface area contributed by atoms with Crippen LogP contribution in [-0.4, -0.2) is 33.8 Å². The predicted molar refractivity (Wildman–Crippen MR) is 113 cm³/mol. The van der Waals surface area contributed by atoms with E-state index in [9.17, 15) is 0 Å². The Balaban J connectivity index is 0.000000161. The van der Waals surface area contributed by atoms with Crippen molar-refractivity contribution in [1.82, 2.24) is 19.7 Å². The van der Waals surface area contributed by atoms with Crippen LogP contribution in [0, 0.1) is 0 Å². The van der Waals surface area contributed by atoms with Gasteiger partial charge in [0.2, 0.25) is 0 Å². The van der Waals surface area contributed by atoms with Gasteiger partial charge < -0.3 is 4.74 Å². The first-order valence-electron chi connectivity index (χ1n) is 9.05. The Morgan fingerprint density at radius 2 is 1.93 bits per heavy atom. The first-order chi connectivity index (χ1) is 13.7. The summed E-state index contributed by atoms with van der Waals surface area (Å²) in [6.45, 7) is 1.47. The van der Waals surface area contributed by atoms with Crippen molar-refractivity contribution in [2.45, 2.75) is 32.0 Å². The van der Waals surface area contributed by atoms with Crippen LogP contribution in [0.4, 0.5) is 0 Å². The third-order valence-corrected chi connectivity index (χ3v) is 4.71. The van der Waals surface area contributed by atoms with Gasteiger partial charge in [-0.3, -0.25) is 4.99 Å². The number of rotatable bonds is 1. The Kier molecular flexibility index (Phi) is 6.30.